The summed E-state index contributed by atoms with van der Waals surface area (Å²) in [5.41, 5.74) is 2.62. The summed E-state index contributed by atoms with van der Waals surface area (Å²) in [5.74, 6) is 0.747. The average molecular weight is 419 g/mol. The summed E-state index contributed by atoms with van der Waals surface area (Å²) in [6.07, 6.45) is 1.12. The maximum Gasteiger partial charge on any atom is 0.148 e. The lowest BCUT2D eigenvalue weighted by atomic mass is 10.2. The first-order valence-corrected chi connectivity index (χ1v) is 8.30. The molecule has 7 heteroatoms. The van der Waals surface area contributed by atoms with Gasteiger partial charge in [0, 0.05) is 6.54 Å². The number of aryl methyl sites for hydroxylation is 1. The van der Waals surface area contributed by atoms with Gasteiger partial charge in [-0.1, -0.05) is 17.2 Å². The molecule has 5 nitrogen and oxygen atoms in total. The molecule has 0 aliphatic heterocycles. The van der Waals surface area contributed by atoms with Crippen molar-refractivity contribution in [3.05, 3.63) is 38.0 Å². The lowest BCUT2D eigenvalue weighted by Crippen LogP contribution is -2.13. The summed E-state index contributed by atoms with van der Waals surface area (Å²) in [4.78, 5) is 0. The molecule has 0 bridgehead atoms. The van der Waals surface area contributed by atoms with Crippen LogP contribution in [0.3, 0.4) is 0 Å². The molecule has 0 saturated carbocycles. The zero-order valence-electron chi connectivity index (χ0n) is 11.9. The third-order valence-corrected chi connectivity index (χ3v) is 4.09. The second-order valence-electron chi connectivity index (χ2n) is 4.65. The zero-order chi connectivity index (χ0) is 15.2. The second-order valence-corrected chi connectivity index (χ2v) is 6.36. The summed E-state index contributed by atoms with van der Waals surface area (Å²) in [6, 6.07) is 4.10. The van der Waals surface area contributed by atoms with Gasteiger partial charge in [-0.15, -0.1) is 0 Å². The Hall–Kier alpha value is -0.920. The molecule has 0 radical (unpaired) electrons. The van der Waals surface area contributed by atoms with Crippen molar-refractivity contribution >= 4 is 31.9 Å². The van der Waals surface area contributed by atoms with Gasteiger partial charge >= 0.3 is 0 Å². The zero-order valence-corrected chi connectivity index (χ0v) is 15.1. The predicted molar refractivity (Wildman–Crippen MR) is 87.2 cm³/mol. The van der Waals surface area contributed by atoms with Crippen LogP contribution in [0, 0.1) is 6.92 Å². The van der Waals surface area contributed by atoms with Crippen LogP contribution in [0.15, 0.2) is 25.7 Å². The van der Waals surface area contributed by atoms with Crippen molar-refractivity contribution in [1.82, 2.24) is 15.6 Å². The van der Waals surface area contributed by atoms with Crippen LogP contribution in [-0.4, -0.2) is 16.9 Å². The molecule has 114 valence electrons. The van der Waals surface area contributed by atoms with Crippen LogP contribution in [0.4, 0.5) is 0 Å². The van der Waals surface area contributed by atoms with Gasteiger partial charge in [-0.3, -0.25) is 0 Å². The van der Waals surface area contributed by atoms with Gasteiger partial charge in [0.2, 0.25) is 0 Å². The molecule has 1 aromatic heterocycles. The van der Waals surface area contributed by atoms with Crippen LogP contribution < -0.4 is 10.1 Å². The molecule has 0 amide bonds. The molecular formula is C14H17Br2N3O2. The van der Waals surface area contributed by atoms with E-state index in [9.17, 15) is 0 Å². The fourth-order valence-electron chi connectivity index (χ4n) is 1.78. The van der Waals surface area contributed by atoms with Gasteiger partial charge in [0.1, 0.15) is 23.7 Å². The van der Waals surface area contributed by atoms with Crippen molar-refractivity contribution in [3.63, 3.8) is 0 Å². The third-order valence-electron chi connectivity index (χ3n) is 2.91. The van der Waals surface area contributed by atoms with Crippen molar-refractivity contribution in [3.8, 4) is 5.75 Å². The van der Waals surface area contributed by atoms with Crippen molar-refractivity contribution < 1.29 is 9.37 Å². The molecule has 0 spiro atoms. The highest BCUT2D eigenvalue weighted by Crippen LogP contribution is 2.35. The normalized spacial score (nSPS) is 10.9. The minimum Gasteiger partial charge on any atom is -0.485 e. The first-order valence-electron chi connectivity index (χ1n) is 6.71. The van der Waals surface area contributed by atoms with E-state index in [2.05, 4.69) is 71.2 Å². The number of nitrogens with one attached hydrogen (secondary N) is 1. The number of aromatic nitrogens is 2. The Kier molecular flexibility index (Phi) is 6.20. The minimum atomic E-state index is 0.319. The van der Waals surface area contributed by atoms with E-state index in [-0.39, 0.29) is 0 Å². The monoisotopic (exact) mass is 417 g/mol. The van der Waals surface area contributed by atoms with Gasteiger partial charge in [-0.25, -0.2) is 4.63 Å². The Labute approximate surface area is 140 Å². The predicted octanol–water partition coefficient (Wildman–Crippen LogP) is 3.98. The Morgan fingerprint density at radius 2 is 1.95 bits per heavy atom. The molecule has 2 aromatic rings. The molecule has 1 N–H and O–H groups in total. The lowest BCUT2D eigenvalue weighted by Gasteiger charge is -2.12. The first kappa shape index (κ1) is 16.5. The van der Waals surface area contributed by atoms with E-state index in [0.29, 0.717) is 12.3 Å². The molecule has 0 fully saturated rings. The van der Waals surface area contributed by atoms with E-state index in [4.69, 9.17) is 4.74 Å². The largest absolute Gasteiger partial charge is 0.485 e. The van der Waals surface area contributed by atoms with E-state index < -0.39 is 0 Å². The van der Waals surface area contributed by atoms with Crippen LogP contribution in [0.1, 0.15) is 30.3 Å². The molecule has 0 saturated heterocycles. The van der Waals surface area contributed by atoms with Crippen LogP contribution in [0.5, 0.6) is 5.75 Å². The fourth-order valence-corrected chi connectivity index (χ4v) is 3.29. The van der Waals surface area contributed by atoms with E-state index in [1.54, 1.807) is 0 Å². The SMILES string of the molecule is CCCNCc1cc(Br)c(OCc2nonc2C)c(Br)c1. The number of hydrogen-bond donors (Lipinski definition) is 1. The van der Waals surface area contributed by atoms with Crippen LogP contribution in [0.2, 0.25) is 0 Å². The molecule has 1 aromatic carbocycles. The molecule has 2 rings (SSSR count). The van der Waals surface area contributed by atoms with E-state index in [0.717, 1.165) is 39.9 Å². The van der Waals surface area contributed by atoms with Gasteiger partial charge in [0.25, 0.3) is 0 Å². The topological polar surface area (TPSA) is 60.2 Å². The molecule has 0 atom stereocenters. The number of ether oxygens (including phenoxy) is 1. The molecule has 1 heterocycles. The number of nitrogens with zero attached hydrogens (tertiary/aromatic N) is 2. The van der Waals surface area contributed by atoms with Gasteiger partial charge in [0.15, 0.2) is 0 Å². The van der Waals surface area contributed by atoms with Gasteiger partial charge in [0.05, 0.1) is 8.95 Å². The number of halogens is 2. The second kappa shape index (κ2) is 7.91. The fraction of sp³-hybridized carbons (Fsp3) is 0.429. The Bertz CT molecular complexity index is 579. The van der Waals surface area contributed by atoms with Gasteiger partial charge in [-0.2, -0.15) is 0 Å². The van der Waals surface area contributed by atoms with Crippen LogP contribution in [0.25, 0.3) is 0 Å². The lowest BCUT2D eigenvalue weighted by molar-refractivity contribution is 0.268. The highest BCUT2D eigenvalue weighted by atomic mass is 79.9. The Balaban J connectivity index is 2.04. The number of hydrogen-bond acceptors (Lipinski definition) is 5. The molecule has 0 unspecified atom stereocenters. The average Bonchev–Trinajstić information content (AvgIpc) is 2.84. The Morgan fingerprint density at radius 3 is 2.52 bits per heavy atom. The van der Waals surface area contributed by atoms with Crippen molar-refractivity contribution in [2.45, 2.75) is 33.4 Å². The summed E-state index contributed by atoms with van der Waals surface area (Å²) in [7, 11) is 0. The van der Waals surface area contributed by atoms with E-state index in [1.165, 1.54) is 5.56 Å². The summed E-state index contributed by atoms with van der Waals surface area (Å²) >= 11 is 7.10. The quantitative estimate of drug-likeness (QED) is 0.689. The highest BCUT2D eigenvalue weighted by molar-refractivity contribution is 9.11. The smallest absolute Gasteiger partial charge is 0.148 e. The molecular weight excluding hydrogens is 402 g/mol. The standard InChI is InChI=1S/C14H17Br2N3O2/c1-3-4-17-7-10-5-11(15)14(12(16)6-10)20-8-13-9(2)18-21-19-13/h5-6,17H,3-4,7-8H2,1-2H3. The minimum absolute atomic E-state index is 0.319. The van der Waals surface area contributed by atoms with E-state index >= 15 is 0 Å². The van der Waals surface area contributed by atoms with Gasteiger partial charge < -0.3 is 10.1 Å². The third kappa shape index (κ3) is 4.52. The number of rotatable bonds is 7. The van der Waals surface area contributed by atoms with Crippen molar-refractivity contribution in [2.24, 2.45) is 0 Å². The molecule has 0 aliphatic carbocycles. The number of benzene rings is 1. The van der Waals surface area contributed by atoms with Crippen molar-refractivity contribution in [1.29, 1.82) is 0 Å². The van der Waals surface area contributed by atoms with E-state index in [1.807, 2.05) is 6.92 Å². The summed E-state index contributed by atoms with van der Waals surface area (Å²) < 4.78 is 12.3. The molecule has 21 heavy (non-hydrogen) atoms. The van der Waals surface area contributed by atoms with Crippen molar-refractivity contribution in [2.75, 3.05) is 6.54 Å². The maximum atomic E-state index is 5.80. The first-order chi connectivity index (χ1) is 10.1. The summed E-state index contributed by atoms with van der Waals surface area (Å²) in [6.45, 7) is 6.14. The summed E-state index contributed by atoms with van der Waals surface area (Å²) in [5, 5.41) is 10.9. The van der Waals surface area contributed by atoms with Crippen LogP contribution in [-0.2, 0) is 13.2 Å². The Morgan fingerprint density at radius 1 is 1.24 bits per heavy atom. The van der Waals surface area contributed by atoms with Gasteiger partial charge in [-0.05, 0) is 69.4 Å². The highest BCUT2D eigenvalue weighted by Gasteiger charge is 2.12. The maximum absolute atomic E-state index is 5.80. The van der Waals surface area contributed by atoms with Crippen LogP contribution >= 0.6 is 31.9 Å². The molecule has 0 aliphatic rings.